The number of aromatic amines is 1. The van der Waals surface area contributed by atoms with Crippen LogP contribution in [0, 0.1) is 5.92 Å². The minimum atomic E-state index is -0.214. The monoisotopic (exact) mass is 467 g/mol. The fraction of sp³-hybridized carbons (Fsp3) is 0.300. The van der Waals surface area contributed by atoms with Crippen molar-refractivity contribution >= 4 is 22.0 Å². The molecular weight excluding hydrogens is 437 g/mol. The predicted octanol–water partition coefficient (Wildman–Crippen LogP) is 6.27. The lowest BCUT2D eigenvalue weighted by Crippen LogP contribution is -2.46. The molecule has 1 aliphatic heterocycles. The zero-order chi connectivity index (χ0) is 23.8. The second-order valence-corrected chi connectivity index (χ2v) is 9.78. The number of allylic oxidation sites excluding steroid dienone is 1. The lowest BCUT2D eigenvalue weighted by molar-refractivity contribution is 0.0728. The van der Waals surface area contributed by atoms with Gasteiger partial charge in [-0.15, -0.1) is 0 Å². The third kappa shape index (κ3) is 4.25. The third-order valence-corrected chi connectivity index (χ3v) is 7.38. The van der Waals surface area contributed by atoms with Crippen LogP contribution >= 0.6 is 0 Å². The van der Waals surface area contributed by atoms with Gasteiger partial charge in [0.15, 0.2) is 0 Å². The molecule has 3 heterocycles. The van der Waals surface area contributed by atoms with Gasteiger partial charge < -0.3 is 9.72 Å². The molecule has 5 heteroatoms. The first-order valence-electron chi connectivity index (χ1n) is 12.4. The Hall–Kier alpha value is -3.44. The summed E-state index contributed by atoms with van der Waals surface area (Å²) in [6.07, 6.45) is 6.92. The molecule has 0 saturated carbocycles. The number of hydrogen-bond donors (Lipinski definition) is 1. The predicted molar refractivity (Wildman–Crippen MR) is 139 cm³/mol. The number of aromatic nitrogens is 2. The van der Waals surface area contributed by atoms with Gasteiger partial charge in [0.1, 0.15) is 5.75 Å². The summed E-state index contributed by atoms with van der Waals surface area (Å²) in [5, 5.41) is 1.21. The Kier molecular flexibility index (Phi) is 5.86. The van der Waals surface area contributed by atoms with Crippen LogP contribution in [0.25, 0.3) is 22.0 Å². The van der Waals surface area contributed by atoms with E-state index in [1.807, 2.05) is 18.5 Å². The van der Waals surface area contributed by atoms with Gasteiger partial charge in [-0.1, -0.05) is 18.2 Å². The van der Waals surface area contributed by atoms with Crippen LogP contribution in [0.15, 0.2) is 67.0 Å². The molecule has 35 heavy (non-hydrogen) atoms. The molecule has 0 amide bonds. The van der Waals surface area contributed by atoms with Crippen molar-refractivity contribution in [1.82, 2.24) is 14.9 Å². The number of likely N-dealkylation sites (tertiary alicyclic amines) is 1. The number of rotatable bonds is 6. The molecule has 1 N–H and O–H groups in total. The first-order valence-corrected chi connectivity index (χ1v) is 12.4. The normalized spacial score (nSPS) is 16.7. The number of benzene rings is 2. The molecule has 4 nitrogen and oxygen atoms in total. The van der Waals surface area contributed by atoms with Gasteiger partial charge in [0.25, 0.3) is 0 Å². The van der Waals surface area contributed by atoms with Crippen molar-refractivity contribution < 1.29 is 9.13 Å². The number of aryl methyl sites for hydroxylation is 1. The van der Waals surface area contributed by atoms with Crippen molar-refractivity contribution in [3.05, 3.63) is 94.9 Å². The number of methoxy groups -OCH3 is 1. The van der Waals surface area contributed by atoms with Crippen LogP contribution < -0.4 is 4.74 Å². The summed E-state index contributed by atoms with van der Waals surface area (Å²) in [5.74, 6) is 1.11. The van der Waals surface area contributed by atoms with Crippen molar-refractivity contribution in [2.45, 2.75) is 25.8 Å². The maximum absolute atomic E-state index is 12.8. The number of H-pyrrole nitrogens is 1. The Morgan fingerprint density at radius 1 is 1.06 bits per heavy atom. The number of halogens is 1. The van der Waals surface area contributed by atoms with Crippen LogP contribution in [0.4, 0.5) is 4.39 Å². The fourth-order valence-corrected chi connectivity index (χ4v) is 5.63. The summed E-state index contributed by atoms with van der Waals surface area (Å²) in [4.78, 5) is 10.3. The third-order valence-electron chi connectivity index (χ3n) is 7.38. The van der Waals surface area contributed by atoms with E-state index in [0.29, 0.717) is 0 Å². The first kappa shape index (κ1) is 22.1. The van der Waals surface area contributed by atoms with E-state index in [4.69, 9.17) is 4.74 Å². The van der Waals surface area contributed by atoms with Gasteiger partial charge in [0.2, 0.25) is 0 Å². The lowest BCUT2D eigenvalue weighted by atomic mass is 9.88. The van der Waals surface area contributed by atoms with Crippen LogP contribution in [0.3, 0.4) is 0 Å². The van der Waals surface area contributed by atoms with Gasteiger partial charge in [0.05, 0.1) is 13.8 Å². The molecule has 4 aromatic rings. The zero-order valence-electron chi connectivity index (χ0n) is 20.1. The van der Waals surface area contributed by atoms with Gasteiger partial charge in [-0.25, -0.2) is 0 Å². The van der Waals surface area contributed by atoms with Crippen LogP contribution in [0.2, 0.25) is 0 Å². The van der Waals surface area contributed by atoms with E-state index < -0.39 is 0 Å². The quantitative estimate of drug-likeness (QED) is 0.363. The number of nitrogens with one attached hydrogen (secondary N) is 1. The van der Waals surface area contributed by atoms with E-state index in [1.54, 1.807) is 7.11 Å². The number of fused-ring (bicyclic) bond motifs is 2. The smallest absolute Gasteiger partial charge is 0.119 e. The van der Waals surface area contributed by atoms with E-state index in [1.165, 1.54) is 44.5 Å². The highest BCUT2D eigenvalue weighted by Crippen LogP contribution is 2.41. The highest BCUT2D eigenvalue weighted by Gasteiger charge is 2.27. The van der Waals surface area contributed by atoms with Crippen molar-refractivity contribution in [1.29, 1.82) is 0 Å². The van der Waals surface area contributed by atoms with E-state index in [2.05, 4.69) is 63.4 Å². The molecule has 1 aliphatic carbocycles. The summed E-state index contributed by atoms with van der Waals surface area (Å²) < 4.78 is 18.4. The molecule has 2 aromatic carbocycles. The highest BCUT2D eigenvalue weighted by atomic mass is 19.1. The Morgan fingerprint density at radius 3 is 2.77 bits per heavy atom. The van der Waals surface area contributed by atoms with Crippen LogP contribution in [-0.2, 0) is 13.0 Å². The summed E-state index contributed by atoms with van der Waals surface area (Å²) in [6, 6.07) is 19.6. The van der Waals surface area contributed by atoms with E-state index >= 15 is 0 Å². The first-order chi connectivity index (χ1) is 17.2. The van der Waals surface area contributed by atoms with Gasteiger partial charge >= 0.3 is 0 Å². The van der Waals surface area contributed by atoms with Gasteiger partial charge in [0, 0.05) is 54.5 Å². The van der Waals surface area contributed by atoms with Gasteiger partial charge in [-0.2, -0.15) is 0 Å². The second-order valence-electron chi connectivity index (χ2n) is 9.78. The second kappa shape index (κ2) is 9.31. The Morgan fingerprint density at radius 2 is 1.97 bits per heavy atom. The minimum Gasteiger partial charge on any atom is -0.497 e. The fourth-order valence-electron chi connectivity index (χ4n) is 5.63. The van der Waals surface area contributed by atoms with E-state index in [0.717, 1.165) is 50.2 Å². The maximum Gasteiger partial charge on any atom is 0.119 e. The van der Waals surface area contributed by atoms with Gasteiger partial charge in [-0.3, -0.25) is 14.3 Å². The summed E-state index contributed by atoms with van der Waals surface area (Å²) in [5.41, 5.74) is 9.95. The van der Waals surface area contributed by atoms with Gasteiger partial charge in [-0.05, 0) is 89.1 Å². The number of alkyl halides is 1. The van der Waals surface area contributed by atoms with E-state index in [-0.39, 0.29) is 12.6 Å². The Balaban J connectivity index is 1.44. The average molecular weight is 468 g/mol. The number of ether oxygens (including phenoxy) is 1. The zero-order valence-corrected chi connectivity index (χ0v) is 20.1. The molecule has 0 atom stereocenters. The molecular formula is C30H30FN3O. The summed E-state index contributed by atoms with van der Waals surface area (Å²) >= 11 is 0. The molecule has 1 saturated heterocycles. The number of nitrogens with zero attached hydrogens (tertiary/aromatic N) is 2. The topological polar surface area (TPSA) is 41.1 Å². The largest absolute Gasteiger partial charge is 0.497 e. The lowest BCUT2D eigenvalue weighted by Gasteiger charge is -2.37. The van der Waals surface area contributed by atoms with Crippen molar-refractivity contribution in [3.63, 3.8) is 0 Å². The molecule has 178 valence electrons. The summed E-state index contributed by atoms with van der Waals surface area (Å²) in [6.45, 7) is 2.32. The minimum absolute atomic E-state index is 0.206. The molecule has 1 fully saturated rings. The molecule has 0 radical (unpaired) electrons. The SMILES string of the molecule is COc1ccc2c(c1)CCCC(c1cccnc1)=C2c1ccc2[nH]c(CN3CC(CF)C3)cc2c1. The van der Waals surface area contributed by atoms with Crippen molar-refractivity contribution in [3.8, 4) is 5.75 Å². The number of hydrogen-bond acceptors (Lipinski definition) is 3. The van der Waals surface area contributed by atoms with Crippen LogP contribution in [0.1, 0.15) is 40.8 Å². The molecule has 6 rings (SSSR count). The van der Waals surface area contributed by atoms with Crippen molar-refractivity contribution in [2.75, 3.05) is 26.9 Å². The summed E-state index contributed by atoms with van der Waals surface area (Å²) in [7, 11) is 1.73. The maximum atomic E-state index is 12.8. The van der Waals surface area contributed by atoms with Crippen LogP contribution in [-0.4, -0.2) is 41.7 Å². The highest BCUT2D eigenvalue weighted by molar-refractivity contribution is 6.01. The number of pyridine rings is 1. The standard InChI is InChI=1S/C30H30FN3O/c1-35-26-8-9-28-21(14-26)4-2-6-27(23-5-3-11-32-16-23)30(28)22-7-10-29-24(12-22)13-25(33-29)19-34-17-20(15-31)18-34/h3,5,7-14,16,20,33H,2,4,6,15,17-19H2,1H3. The van der Waals surface area contributed by atoms with E-state index in [9.17, 15) is 4.39 Å². The molecule has 0 unspecified atom stereocenters. The van der Waals surface area contributed by atoms with Crippen LogP contribution in [0.5, 0.6) is 5.75 Å². The van der Waals surface area contributed by atoms with Crippen molar-refractivity contribution in [2.24, 2.45) is 5.92 Å². The molecule has 0 spiro atoms. The molecule has 2 aromatic heterocycles. The molecule has 0 bridgehead atoms. The molecule has 2 aliphatic rings. The Bertz CT molecular complexity index is 1390. The Labute approximate surface area is 205 Å². The average Bonchev–Trinajstić information content (AvgIpc) is 3.17.